The highest BCUT2D eigenvalue weighted by Crippen LogP contribution is 2.10. The van der Waals surface area contributed by atoms with Gasteiger partial charge in [-0.25, -0.2) is 18.2 Å². The molecule has 0 N–H and O–H groups in total. The van der Waals surface area contributed by atoms with E-state index in [-0.39, 0.29) is 5.88 Å². The van der Waals surface area contributed by atoms with Crippen LogP contribution in [-0.4, -0.2) is 24.2 Å². The fourth-order valence-electron chi connectivity index (χ4n) is 0.777. The number of rotatable bonds is 4. The van der Waals surface area contributed by atoms with Gasteiger partial charge in [-0.2, -0.15) is 0 Å². The smallest absolute Gasteiger partial charge is 0.272 e. The van der Waals surface area contributed by atoms with Crippen molar-refractivity contribution in [1.82, 2.24) is 4.98 Å². The third-order valence-electron chi connectivity index (χ3n) is 1.55. The van der Waals surface area contributed by atoms with E-state index in [0.29, 0.717) is 0 Å². The maximum Gasteiger partial charge on any atom is 0.272 e. The number of pyridine rings is 1. The molecule has 0 amide bonds. The van der Waals surface area contributed by atoms with Crippen LogP contribution >= 0.6 is 0 Å². The highest BCUT2D eigenvalue weighted by molar-refractivity contribution is 5.16. The van der Waals surface area contributed by atoms with Crippen molar-refractivity contribution in [3.8, 4) is 5.88 Å². The minimum absolute atomic E-state index is 0.152. The molecule has 78 valence electrons. The molecule has 14 heavy (non-hydrogen) atoms. The van der Waals surface area contributed by atoms with Gasteiger partial charge in [-0.15, -0.1) is 0 Å². The maximum atomic E-state index is 12.4. The van der Waals surface area contributed by atoms with E-state index in [4.69, 9.17) is 4.74 Å². The number of nitrogens with zero attached hydrogens (tertiary/aromatic N) is 1. The van der Waals surface area contributed by atoms with Crippen molar-refractivity contribution >= 4 is 0 Å². The van der Waals surface area contributed by atoms with Crippen LogP contribution in [0.2, 0.25) is 0 Å². The molecule has 0 bridgehead atoms. The zero-order valence-corrected chi connectivity index (χ0v) is 7.58. The van der Waals surface area contributed by atoms with Crippen molar-refractivity contribution in [1.29, 1.82) is 0 Å². The number of ether oxygens (including phenoxy) is 1. The minimum Gasteiger partial charge on any atom is -0.474 e. The summed E-state index contributed by atoms with van der Waals surface area (Å²) in [5.74, 6) is 0.152. The molecule has 0 aromatic carbocycles. The van der Waals surface area contributed by atoms with Gasteiger partial charge in [-0.3, -0.25) is 0 Å². The summed E-state index contributed by atoms with van der Waals surface area (Å²) in [5.41, 5.74) is 0.919. The lowest BCUT2D eigenvalue weighted by molar-refractivity contribution is 0.0221. The molecule has 0 spiro atoms. The molecular weight excluding hydrogens is 195 g/mol. The Bertz CT molecular complexity index is 276. The van der Waals surface area contributed by atoms with Gasteiger partial charge in [0.2, 0.25) is 5.88 Å². The molecule has 1 atom stereocenters. The molecule has 0 aliphatic heterocycles. The number of hydrogen-bond donors (Lipinski definition) is 0. The molecule has 1 rings (SSSR count). The number of hydrogen-bond acceptors (Lipinski definition) is 2. The quantitative estimate of drug-likeness (QED) is 0.752. The fraction of sp³-hybridized carbons (Fsp3) is 0.444. The Balaban J connectivity index is 2.42. The normalized spacial score (nSPS) is 12.9. The van der Waals surface area contributed by atoms with Crippen LogP contribution < -0.4 is 4.74 Å². The summed E-state index contributed by atoms with van der Waals surface area (Å²) in [4.78, 5) is 3.78. The topological polar surface area (TPSA) is 22.1 Å². The zero-order chi connectivity index (χ0) is 10.6. The Morgan fingerprint density at radius 2 is 2.07 bits per heavy atom. The average molecular weight is 205 g/mol. The molecule has 0 fully saturated rings. The predicted molar refractivity (Wildman–Crippen MR) is 45.4 cm³/mol. The van der Waals surface area contributed by atoms with Gasteiger partial charge in [0.15, 0.2) is 6.17 Å². The summed E-state index contributed by atoms with van der Waals surface area (Å²) in [5, 5.41) is 0. The highest BCUT2D eigenvalue weighted by Gasteiger charge is 2.19. The molecule has 0 aliphatic carbocycles. The van der Waals surface area contributed by atoms with Crippen molar-refractivity contribution in [2.45, 2.75) is 19.5 Å². The van der Waals surface area contributed by atoms with Crippen LogP contribution in [0, 0.1) is 6.92 Å². The summed E-state index contributed by atoms with van der Waals surface area (Å²) in [6, 6.07) is 3.21. The van der Waals surface area contributed by atoms with Gasteiger partial charge >= 0.3 is 0 Å². The number of aryl methyl sites for hydroxylation is 1. The molecule has 0 radical (unpaired) electrons. The summed E-state index contributed by atoms with van der Waals surface area (Å²) in [6.45, 7) is 1.15. The van der Waals surface area contributed by atoms with Crippen molar-refractivity contribution in [3.05, 3.63) is 23.9 Å². The highest BCUT2D eigenvalue weighted by atomic mass is 19.3. The lowest BCUT2D eigenvalue weighted by Gasteiger charge is -2.08. The van der Waals surface area contributed by atoms with E-state index in [1.807, 2.05) is 6.92 Å². The number of alkyl halides is 3. The lowest BCUT2D eigenvalue weighted by atomic mass is 10.3. The molecule has 1 aromatic rings. The van der Waals surface area contributed by atoms with Gasteiger partial charge in [0, 0.05) is 12.3 Å². The van der Waals surface area contributed by atoms with Crippen LogP contribution in [0.15, 0.2) is 18.3 Å². The Hall–Kier alpha value is -1.26. The second-order valence-corrected chi connectivity index (χ2v) is 2.84. The third-order valence-corrected chi connectivity index (χ3v) is 1.55. The van der Waals surface area contributed by atoms with Gasteiger partial charge in [0.05, 0.1) is 0 Å². The largest absolute Gasteiger partial charge is 0.474 e. The van der Waals surface area contributed by atoms with Gasteiger partial charge in [0.1, 0.15) is 6.61 Å². The van der Waals surface area contributed by atoms with E-state index < -0.39 is 19.2 Å². The number of aromatic nitrogens is 1. The molecule has 1 aromatic heterocycles. The zero-order valence-electron chi connectivity index (χ0n) is 7.58. The van der Waals surface area contributed by atoms with Gasteiger partial charge in [-0.05, 0) is 12.5 Å². The van der Waals surface area contributed by atoms with Crippen LogP contribution in [0.3, 0.4) is 0 Å². The van der Waals surface area contributed by atoms with E-state index in [9.17, 15) is 13.2 Å². The van der Waals surface area contributed by atoms with Crippen LogP contribution in [0.25, 0.3) is 0 Å². The van der Waals surface area contributed by atoms with Crippen LogP contribution in [0.1, 0.15) is 5.56 Å². The first-order valence-electron chi connectivity index (χ1n) is 4.07. The van der Waals surface area contributed by atoms with Crippen molar-refractivity contribution in [3.63, 3.8) is 0 Å². The predicted octanol–water partition coefficient (Wildman–Crippen LogP) is 2.37. The summed E-state index contributed by atoms with van der Waals surface area (Å²) in [7, 11) is 0. The Kier molecular flexibility index (Phi) is 3.73. The minimum atomic E-state index is -3.01. The maximum absolute atomic E-state index is 12.4. The SMILES string of the molecule is Cc1ccc(OCC(F)C(F)F)nc1. The third kappa shape index (κ3) is 3.24. The van der Waals surface area contributed by atoms with E-state index in [1.54, 1.807) is 6.07 Å². The van der Waals surface area contributed by atoms with Crippen molar-refractivity contribution in [2.24, 2.45) is 0 Å². The Morgan fingerprint density at radius 1 is 1.36 bits per heavy atom. The van der Waals surface area contributed by atoms with Gasteiger partial charge in [0.25, 0.3) is 6.43 Å². The molecule has 2 nitrogen and oxygen atoms in total. The summed E-state index contributed by atoms with van der Waals surface area (Å²) >= 11 is 0. The van der Waals surface area contributed by atoms with Crippen molar-refractivity contribution in [2.75, 3.05) is 6.61 Å². The lowest BCUT2D eigenvalue weighted by Crippen LogP contribution is -2.21. The number of halogens is 3. The summed E-state index contributed by atoms with van der Waals surface area (Å²) < 4.78 is 40.5. The standard InChI is InChI=1S/C9H10F3NO/c1-6-2-3-8(13-4-6)14-5-7(10)9(11)12/h2-4,7,9H,5H2,1H3. The monoisotopic (exact) mass is 205 g/mol. The molecule has 5 heteroatoms. The van der Waals surface area contributed by atoms with Crippen LogP contribution in [0.4, 0.5) is 13.2 Å². The molecular formula is C9H10F3NO. The van der Waals surface area contributed by atoms with E-state index in [2.05, 4.69) is 4.98 Å². The van der Waals surface area contributed by atoms with E-state index in [0.717, 1.165) is 5.56 Å². The van der Waals surface area contributed by atoms with Crippen molar-refractivity contribution < 1.29 is 17.9 Å². The van der Waals surface area contributed by atoms with E-state index >= 15 is 0 Å². The molecule has 1 heterocycles. The average Bonchev–Trinajstić information content (AvgIpc) is 2.16. The Labute approximate surface area is 79.7 Å². The molecule has 1 unspecified atom stereocenters. The molecule has 0 saturated carbocycles. The van der Waals surface area contributed by atoms with E-state index in [1.165, 1.54) is 12.3 Å². The second kappa shape index (κ2) is 4.83. The van der Waals surface area contributed by atoms with Gasteiger partial charge < -0.3 is 4.74 Å². The first kappa shape index (κ1) is 10.8. The van der Waals surface area contributed by atoms with Crippen LogP contribution in [-0.2, 0) is 0 Å². The molecule has 0 aliphatic rings. The fourth-order valence-corrected chi connectivity index (χ4v) is 0.777. The second-order valence-electron chi connectivity index (χ2n) is 2.84. The summed E-state index contributed by atoms with van der Waals surface area (Å²) in [6.07, 6.45) is -3.76. The first-order valence-corrected chi connectivity index (χ1v) is 4.07. The Morgan fingerprint density at radius 3 is 2.57 bits per heavy atom. The van der Waals surface area contributed by atoms with Gasteiger partial charge in [-0.1, -0.05) is 6.07 Å². The van der Waals surface area contributed by atoms with Crippen LogP contribution in [0.5, 0.6) is 5.88 Å². The first-order chi connectivity index (χ1) is 6.59. The molecule has 0 saturated heterocycles.